The van der Waals surface area contributed by atoms with Gasteiger partial charge in [-0.1, -0.05) is 0 Å². The summed E-state index contributed by atoms with van der Waals surface area (Å²) in [7, 11) is 2.10. The standard InChI is InChI=1S/C16H23N7O/c1-12-10-14(23-16(19-12)17-11-18-23)22-5-3-4-13(22)15(24)21-8-6-20(2)7-9-21/h10-11,13H,3-9H2,1-2H3. The van der Waals surface area contributed by atoms with Gasteiger partial charge in [0.2, 0.25) is 5.91 Å². The van der Waals surface area contributed by atoms with Gasteiger partial charge in [-0.05, 0) is 26.8 Å². The van der Waals surface area contributed by atoms with Gasteiger partial charge in [-0.15, -0.1) is 0 Å². The highest BCUT2D eigenvalue weighted by molar-refractivity contribution is 5.86. The minimum atomic E-state index is -0.109. The monoisotopic (exact) mass is 329 g/mol. The van der Waals surface area contributed by atoms with E-state index in [1.165, 1.54) is 6.33 Å². The normalized spacial score (nSPS) is 22.5. The van der Waals surface area contributed by atoms with Crippen molar-refractivity contribution in [3.8, 4) is 0 Å². The molecule has 8 nitrogen and oxygen atoms in total. The van der Waals surface area contributed by atoms with Crippen molar-refractivity contribution >= 4 is 17.5 Å². The van der Waals surface area contributed by atoms with E-state index in [2.05, 4.69) is 31.9 Å². The average molecular weight is 329 g/mol. The lowest BCUT2D eigenvalue weighted by molar-refractivity contribution is -0.134. The van der Waals surface area contributed by atoms with Crippen molar-refractivity contribution in [2.45, 2.75) is 25.8 Å². The quantitative estimate of drug-likeness (QED) is 0.783. The largest absolute Gasteiger partial charge is 0.344 e. The summed E-state index contributed by atoms with van der Waals surface area (Å²) in [4.78, 5) is 28.1. The van der Waals surface area contributed by atoms with Crippen LogP contribution in [-0.2, 0) is 4.79 Å². The summed E-state index contributed by atoms with van der Waals surface area (Å²) >= 11 is 0. The second-order valence-electron chi connectivity index (χ2n) is 6.71. The van der Waals surface area contributed by atoms with Gasteiger partial charge in [0.15, 0.2) is 0 Å². The number of hydrogen-bond acceptors (Lipinski definition) is 6. The topological polar surface area (TPSA) is 69.9 Å². The summed E-state index contributed by atoms with van der Waals surface area (Å²) in [5, 5.41) is 4.29. The number of likely N-dealkylation sites (N-methyl/N-ethyl adjacent to an activating group) is 1. The second kappa shape index (κ2) is 6.01. The molecule has 1 unspecified atom stereocenters. The van der Waals surface area contributed by atoms with Crippen molar-refractivity contribution in [2.24, 2.45) is 0 Å². The SMILES string of the molecule is Cc1cc(N2CCCC2C(=O)N2CCN(C)CC2)n2ncnc2n1. The highest BCUT2D eigenvalue weighted by Crippen LogP contribution is 2.27. The molecule has 4 heterocycles. The highest BCUT2D eigenvalue weighted by Gasteiger charge is 2.36. The Labute approximate surface area is 141 Å². The molecule has 0 spiro atoms. The number of piperazine rings is 1. The maximum absolute atomic E-state index is 13.1. The summed E-state index contributed by atoms with van der Waals surface area (Å²) in [6.07, 6.45) is 3.42. The molecule has 2 fully saturated rings. The van der Waals surface area contributed by atoms with E-state index in [4.69, 9.17) is 0 Å². The molecule has 2 aliphatic rings. The third-order valence-corrected chi connectivity index (χ3v) is 5.01. The number of amides is 1. The number of aryl methyl sites for hydroxylation is 1. The van der Waals surface area contributed by atoms with Gasteiger partial charge in [0.1, 0.15) is 18.2 Å². The number of fused-ring (bicyclic) bond motifs is 1. The van der Waals surface area contributed by atoms with Crippen LogP contribution in [0, 0.1) is 6.92 Å². The van der Waals surface area contributed by atoms with Gasteiger partial charge in [0, 0.05) is 44.5 Å². The smallest absolute Gasteiger partial charge is 0.254 e. The zero-order chi connectivity index (χ0) is 16.7. The lowest BCUT2D eigenvalue weighted by Gasteiger charge is -2.36. The number of hydrogen-bond donors (Lipinski definition) is 0. The second-order valence-corrected chi connectivity index (χ2v) is 6.71. The zero-order valence-corrected chi connectivity index (χ0v) is 14.2. The molecule has 0 radical (unpaired) electrons. The lowest BCUT2D eigenvalue weighted by atomic mass is 10.1. The van der Waals surface area contributed by atoms with Gasteiger partial charge in [0.05, 0.1) is 0 Å². The fraction of sp³-hybridized carbons (Fsp3) is 0.625. The van der Waals surface area contributed by atoms with Crippen molar-refractivity contribution in [3.63, 3.8) is 0 Å². The van der Waals surface area contributed by atoms with Crippen molar-refractivity contribution in [1.82, 2.24) is 29.4 Å². The van der Waals surface area contributed by atoms with E-state index in [1.54, 1.807) is 4.52 Å². The van der Waals surface area contributed by atoms with Gasteiger partial charge in [-0.3, -0.25) is 4.79 Å². The van der Waals surface area contributed by atoms with Crippen LogP contribution in [0.25, 0.3) is 5.78 Å². The number of anilines is 1. The van der Waals surface area contributed by atoms with Crippen LogP contribution in [0.2, 0.25) is 0 Å². The first-order valence-corrected chi connectivity index (χ1v) is 8.55. The van der Waals surface area contributed by atoms with Crippen molar-refractivity contribution in [3.05, 3.63) is 18.1 Å². The molecule has 1 atom stereocenters. The fourth-order valence-electron chi connectivity index (χ4n) is 3.65. The first kappa shape index (κ1) is 15.3. The minimum Gasteiger partial charge on any atom is -0.344 e. The van der Waals surface area contributed by atoms with Gasteiger partial charge in [-0.25, -0.2) is 4.98 Å². The predicted molar refractivity (Wildman–Crippen MR) is 90.0 cm³/mol. The molecule has 0 bridgehead atoms. The van der Waals surface area contributed by atoms with Crippen LogP contribution in [0.3, 0.4) is 0 Å². The first-order valence-electron chi connectivity index (χ1n) is 8.55. The molecule has 8 heteroatoms. The van der Waals surface area contributed by atoms with E-state index in [0.29, 0.717) is 5.78 Å². The molecule has 0 aliphatic carbocycles. The fourth-order valence-corrected chi connectivity index (χ4v) is 3.65. The van der Waals surface area contributed by atoms with Crippen molar-refractivity contribution in [1.29, 1.82) is 0 Å². The summed E-state index contributed by atoms with van der Waals surface area (Å²) in [6.45, 7) is 6.33. The van der Waals surface area contributed by atoms with E-state index in [0.717, 1.165) is 57.1 Å². The number of carbonyl (C=O) groups is 1. The Morgan fingerprint density at radius 3 is 2.79 bits per heavy atom. The van der Waals surface area contributed by atoms with Crippen LogP contribution in [0.1, 0.15) is 18.5 Å². The molecular weight excluding hydrogens is 306 g/mol. The van der Waals surface area contributed by atoms with Crippen LogP contribution < -0.4 is 4.90 Å². The predicted octanol–water partition coefficient (Wildman–Crippen LogP) is 0.176. The summed E-state index contributed by atoms with van der Waals surface area (Å²) < 4.78 is 1.74. The maximum atomic E-state index is 13.1. The highest BCUT2D eigenvalue weighted by atomic mass is 16.2. The zero-order valence-electron chi connectivity index (χ0n) is 14.2. The third-order valence-electron chi connectivity index (χ3n) is 5.01. The molecule has 24 heavy (non-hydrogen) atoms. The molecular formula is C16H23N7O. The Hall–Kier alpha value is -2.22. The number of nitrogens with zero attached hydrogens (tertiary/aromatic N) is 7. The molecule has 0 saturated carbocycles. The molecule has 2 aliphatic heterocycles. The average Bonchev–Trinajstić information content (AvgIpc) is 3.23. The molecule has 0 aromatic carbocycles. The Morgan fingerprint density at radius 2 is 2.00 bits per heavy atom. The van der Waals surface area contributed by atoms with Gasteiger partial charge in [-0.2, -0.15) is 14.6 Å². The van der Waals surface area contributed by atoms with Gasteiger partial charge < -0.3 is 14.7 Å². The van der Waals surface area contributed by atoms with Crippen molar-refractivity contribution < 1.29 is 4.79 Å². The van der Waals surface area contributed by atoms with Crippen LogP contribution in [0.15, 0.2) is 12.4 Å². The summed E-state index contributed by atoms with van der Waals surface area (Å²) in [5.74, 6) is 1.74. The van der Waals surface area contributed by atoms with E-state index in [1.807, 2.05) is 17.9 Å². The minimum absolute atomic E-state index is 0.109. The molecule has 1 amide bonds. The van der Waals surface area contributed by atoms with Crippen LogP contribution in [0.4, 0.5) is 5.82 Å². The number of aromatic nitrogens is 4. The molecule has 2 saturated heterocycles. The van der Waals surface area contributed by atoms with Crippen LogP contribution in [-0.4, -0.2) is 81.1 Å². The van der Waals surface area contributed by atoms with E-state index >= 15 is 0 Å². The first-order chi connectivity index (χ1) is 11.6. The Balaban J connectivity index is 1.62. The Morgan fingerprint density at radius 1 is 1.21 bits per heavy atom. The molecule has 0 N–H and O–H groups in total. The molecule has 2 aromatic heterocycles. The third kappa shape index (κ3) is 2.60. The van der Waals surface area contributed by atoms with Crippen LogP contribution >= 0.6 is 0 Å². The summed E-state index contributed by atoms with van der Waals surface area (Å²) in [5.41, 5.74) is 0.892. The lowest BCUT2D eigenvalue weighted by Crippen LogP contribution is -2.53. The Kier molecular flexibility index (Phi) is 3.84. The Bertz CT molecular complexity index is 750. The maximum Gasteiger partial charge on any atom is 0.254 e. The van der Waals surface area contributed by atoms with E-state index < -0.39 is 0 Å². The molecule has 128 valence electrons. The number of carbonyl (C=O) groups excluding carboxylic acids is 1. The van der Waals surface area contributed by atoms with Gasteiger partial charge in [0.25, 0.3) is 5.78 Å². The van der Waals surface area contributed by atoms with E-state index in [-0.39, 0.29) is 11.9 Å². The molecule has 2 aromatic rings. The van der Waals surface area contributed by atoms with Crippen LogP contribution in [0.5, 0.6) is 0 Å². The number of rotatable bonds is 2. The van der Waals surface area contributed by atoms with E-state index in [9.17, 15) is 4.79 Å². The van der Waals surface area contributed by atoms with Crippen molar-refractivity contribution in [2.75, 3.05) is 44.7 Å². The van der Waals surface area contributed by atoms with Gasteiger partial charge >= 0.3 is 0 Å². The summed E-state index contributed by atoms with van der Waals surface area (Å²) in [6, 6.07) is 1.89. The molecule has 4 rings (SSSR count).